The Hall–Kier alpha value is -2.54. The number of halogens is 1. The second kappa shape index (κ2) is 6.76. The van der Waals surface area contributed by atoms with Crippen LogP contribution in [0.5, 0.6) is 0 Å². The number of anilines is 2. The third kappa shape index (κ3) is 3.51. The highest BCUT2D eigenvalue weighted by molar-refractivity contribution is 5.60. The molecule has 0 amide bonds. The summed E-state index contributed by atoms with van der Waals surface area (Å²) in [5.41, 5.74) is 8.21. The molecule has 0 bridgehead atoms. The summed E-state index contributed by atoms with van der Waals surface area (Å²) in [5.74, 6) is -0.478. The van der Waals surface area contributed by atoms with Crippen molar-refractivity contribution in [1.29, 1.82) is 5.26 Å². The molecule has 108 valence electrons. The highest BCUT2D eigenvalue weighted by atomic mass is 19.1. The molecule has 0 heterocycles. The van der Waals surface area contributed by atoms with E-state index in [1.54, 1.807) is 12.1 Å². The maximum absolute atomic E-state index is 13.8. The minimum atomic E-state index is -0.478. The molecule has 0 unspecified atom stereocenters. The van der Waals surface area contributed by atoms with Crippen molar-refractivity contribution in [3.05, 3.63) is 59.4 Å². The van der Waals surface area contributed by atoms with Gasteiger partial charge in [-0.15, -0.1) is 0 Å². The second-order valence-corrected chi connectivity index (χ2v) is 4.91. The Morgan fingerprint density at radius 1 is 1.19 bits per heavy atom. The zero-order valence-electron chi connectivity index (χ0n) is 12.0. The minimum Gasteiger partial charge on any atom is -0.399 e. The van der Waals surface area contributed by atoms with Crippen molar-refractivity contribution >= 4 is 11.4 Å². The van der Waals surface area contributed by atoms with E-state index < -0.39 is 5.82 Å². The van der Waals surface area contributed by atoms with Crippen LogP contribution in [0.1, 0.15) is 24.5 Å². The summed E-state index contributed by atoms with van der Waals surface area (Å²) in [5, 5.41) is 9.19. The predicted molar refractivity (Wildman–Crippen MR) is 83.3 cm³/mol. The van der Waals surface area contributed by atoms with E-state index in [1.165, 1.54) is 6.07 Å². The van der Waals surface area contributed by atoms with Gasteiger partial charge in [-0.3, -0.25) is 0 Å². The van der Waals surface area contributed by atoms with Gasteiger partial charge in [0.1, 0.15) is 17.4 Å². The van der Waals surface area contributed by atoms with Crippen molar-refractivity contribution in [2.24, 2.45) is 0 Å². The molecule has 0 saturated carbocycles. The maximum atomic E-state index is 13.8. The van der Waals surface area contributed by atoms with Crippen molar-refractivity contribution in [3.63, 3.8) is 0 Å². The molecule has 2 rings (SSSR count). The first kappa shape index (κ1) is 14.9. The normalized spacial score (nSPS) is 10.1. The van der Waals surface area contributed by atoms with E-state index in [4.69, 9.17) is 5.73 Å². The zero-order valence-corrected chi connectivity index (χ0v) is 12.0. The Morgan fingerprint density at radius 3 is 2.52 bits per heavy atom. The molecule has 2 aromatic rings. The van der Waals surface area contributed by atoms with Crippen molar-refractivity contribution in [2.45, 2.75) is 19.9 Å². The van der Waals surface area contributed by atoms with Gasteiger partial charge in [0.25, 0.3) is 0 Å². The first-order valence-corrected chi connectivity index (χ1v) is 6.93. The lowest BCUT2D eigenvalue weighted by Crippen LogP contribution is -2.24. The van der Waals surface area contributed by atoms with Crippen molar-refractivity contribution < 1.29 is 4.39 Å². The smallest absolute Gasteiger partial charge is 0.143 e. The topological polar surface area (TPSA) is 53.0 Å². The highest BCUT2D eigenvalue weighted by Gasteiger charge is 2.14. The van der Waals surface area contributed by atoms with Crippen LogP contribution in [0.3, 0.4) is 0 Å². The summed E-state index contributed by atoms with van der Waals surface area (Å²) in [4.78, 5) is 2.02. The fraction of sp³-hybridized carbons (Fsp3) is 0.235. The standard InChI is InChI=1S/C17H18FN3/c1-2-10-21(12-13-6-8-14(20)9-7-13)17-5-3-4-16(18)15(17)11-19/h3-9H,2,10,12,20H2,1H3. The van der Waals surface area contributed by atoms with Crippen LogP contribution < -0.4 is 10.6 Å². The zero-order chi connectivity index (χ0) is 15.2. The van der Waals surface area contributed by atoms with E-state index >= 15 is 0 Å². The van der Waals surface area contributed by atoms with Crippen LogP contribution >= 0.6 is 0 Å². The number of hydrogen-bond acceptors (Lipinski definition) is 3. The number of nitrogen functional groups attached to an aromatic ring is 1. The van der Waals surface area contributed by atoms with E-state index in [1.807, 2.05) is 35.2 Å². The van der Waals surface area contributed by atoms with E-state index in [0.717, 1.165) is 18.5 Å². The molecule has 0 fully saturated rings. The summed E-state index contributed by atoms with van der Waals surface area (Å²) in [6, 6.07) is 14.3. The summed E-state index contributed by atoms with van der Waals surface area (Å²) < 4.78 is 13.8. The quantitative estimate of drug-likeness (QED) is 0.851. The Morgan fingerprint density at radius 2 is 1.90 bits per heavy atom. The predicted octanol–water partition coefficient (Wildman–Crippen LogP) is 3.70. The van der Waals surface area contributed by atoms with Gasteiger partial charge in [-0.25, -0.2) is 4.39 Å². The van der Waals surface area contributed by atoms with Gasteiger partial charge in [0.05, 0.1) is 5.69 Å². The third-order valence-electron chi connectivity index (χ3n) is 3.29. The van der Waals surface area contributed by atoms with Crippen LogP contribution in [0, 0.1) is 17.1 Å². The lowest BCUT2D eigenvalue weighted by Gasteiger charge is -2.25. The molecule has 2 N–H and O–H groups in total. The van der Waals surface area contributed by atoms with E-state index in [9.17, 15) is 9.65 Å². The van der Waals surface area contributed by atoms with Crippen molar-refractivity contribution in [3.8, 4) is 6.07 Å². The van der Waals surface area contributed by atoms with Gasteiger partial charge in [-0.05, 0) is 36.2 Å². The monoisotopic (exact) mass is 283 g/mol. The molecule has 0 spiro atoms. The average Bonchev–Trinajstić information content (AvgIpc) is 2.49. The SMILES string of the molecule is CCCN(Cc1ccc(N)cc1)c1cccc(F)c1C#N. The second-order valence-electron chi connectivity index (χ2n) is 4.91. The van der Waals surface area contributed by atoms with Crippen LogP contribution in [0.2, 0.25) is 0 Å². The summed E-state index contributed by atoms with van der Waals surface area (Å²) in [6.07, 6.45) is 0.913. The van der Waals surface area contributed by atoms with Crippen LogP contribution in [-0.4, -0.2) is 6.54 Å². The minimum absolute atomic E-state index is 0.0985. The molecule has 0 aliphatic carbocycles. The molecule has 0 atom stereocenters. The molecule has 0 aliphatic heterocycles. The van der Waals surface area contributed by atoms with Gasteiger partial charge in [0, 0.05) is 18.8 Å². The van der Waals surface area contributed by atoms with E-state index in [0.29, 0.717) is 17.9 Å². The van der Waals surface area contributed by atoms with Gasteiger partial charge < -0.3 is 10.6 Å². The van der Waals surface area contributed by atoms with Gasteiger partial charge in [0.2, 0.25) is 0 Å². The number of nitrogens with zero attached hydrogens (tertiary/aromatic N) is 2. The molecule has 0 aromatic heterocycles. The number of rotatable bonds is 5. The summed E-state index contributed by atoms with van der Waals surface area (Å²) >= 11 is 0. The number of nitriles is 1. The van der Waals surface area contributed by atoms with Gasteiger partial charge in [-0.1, -0.05) is 25.1 Å². The molecule has 0 radical (unpaired) electrons. The Kier molecular flexibility index (Phi) is 4.78. The average molecular weight is 283 g/mol. The van der Waals surface area contributed by atoms with Crippen LogP contribution in [0.15, 0.2) is 42.5 Å². The van der Waals surface area contributed by atoms with Crippen LogP contribution in [0.4, 0.5) is 15.8 Å². The molecular weight excluding hydrogens is 265 g/mol. The van der Waals surface area contributed by atoms with Crippen LogP contribution in [-0.2, 0) is 6.54 Å². The molecular formula is C17H18FN3. The third-order valence-corrected chi connectivity index (χ3v) is 3.29. The Labute approximate surface area is 124 Å². The van der Waals surface area contributed by atoms with Crippen molar-refractivity contribution in [2.75, 3.05) is 17.2 Å². The number of hydrogen-bond donors (Lipinski definition) is 1. The van der Waals surface area contributed by atoms with Crippen LogP contribution in [0.25, 0.3) is 0 Å². The largest absolute Gasteiger partial charge is 0.399 e. The first-order valence-electron chi connectivity index (χ1n) is 6.93. The maximum Gasteiger partial charge on any atom is 0.143 e. The fourth-order valence-electron chi connectivity index (χ4n) is 2.28. The molecule has 0 saturated heterocycles. The number of benzene rings is 2. The summed E-state index contributed by atoms with van der Waals surface area (Å²) in [6.45, 7) is 3.43. The van der Waals surface area contributed by atoms with Crippen molar-refractivity contribution in [1.82, 2.24) is 0 Å². The molecule has 3 nitrogen and oxygen atoms in total. The highest BCUT2D eigenvalue weighted by Crippen LogP contribution is 2.24. The molecule has 2 aromatic carbocycles. The Balaban J connectivity index is 2.33. The molecule has 4 heteroatoms. The molecule has 21 heavy (non-hydrogen) atoms. The van der Waals surface area contributed by atoms with E-state index in [2.05, 4.69) is 6.92 Å². The van der Waals surface area contributed by atoms with Gasteiger partial charge >= 0.3 is 0 Å². The van der Waals surface area contributed by atoms with E-state index in [-0.39, 0.29) is 5.56 Å². The lowest BCUT2D eigenvalue weighted by molar-refractivity contribution is 0.621. The number of nitrogens with two attached hydrogens (primary N) is 1. The Bertz CT molecular complexity index is 644. The van der Waals surface area contributed by atoms with Gasteiger partial charge in [-0.2, -0.15) is 5.26 Å². The molecule has 0 aliphatic rings. The summed E-state index contributed by atoms with van der Waals surface area (Å²) in [7, 11) is 0. The fourth-order valence-corrected chi connectivity index (χ4v) is 2.28. The van der Waals surface area contributed by atoms with Gasteiger partial charge in [0.15, 0.2) is 0 Å². The lowest BCUT2D eigenvalue weighted by atomic mass is 10.1. The first-order chi connectivity index (χ1) is 10.2.